The number of aromatic nitrogens is 2. The van der Waals surface area contributed by atoms with Crippen molar-refractivity contribution in [1.82, 2.24) is 9.97 Å². The Kier molecular flexibility index (Phi) is 4.12. The number of nitrogens with one attached hydrogen (secondary N) is 1. The molecule has 5 heteroatoms. The van der Waals surface area contributed by atoms with E-state index in [1.807, 2.05) is 6.92 Å². The number of nitrogen functional groups attached to an aromatic ring is 1. The molecule has 1 aromatic heterocycles. The molecule has 0 radical (unpaired) electrons. The van der Waals surface area contributed by atoms with Crippen LogP contribution in [0.4, 0.5) is 11.5 Å². The minimum absolute atomic E-state index is 0.265. The summed E-state index contributed by atoms with van der Waals surface area (Å²) >= 11 is 0. The monoisotopic (exact) mass is 264 g/mol. The molecular formula is C14H24N4O. The van der Waals surface area contributed by atoms with E-state index in [4.69, 9.17) is 10.5 Å². The molecule has 1 fully saturated rings. The van der Waals surface area contributed by atoms with Crippen LogP contribution in [0.5, 0.6) is 5.88 Å². The van der Waals surface area contributed by atoms with Gasteiger partial charge in [-0.2, -0.15) is 4.98 Å². The van der Waals surface area contributed by atoms with Gasteiger partial charge < -0.3 is 15.8 Å². The highest BCUT2D eigenvalue weighted by molar-refractivity contribution is 5.66. The molecule has 0 aliphatic heterocycles. The maximum absolute atomic E-state index is 6.06. The number of hydrogen-bond acceptors (Lipinski definition) is 5. The smallest absolute Gasteiger partial charge is 0.242 e. The van der Waals surface area contributed by atoms with Gasteiger partial charge in [0.05, 0.1) is 6.61 Å². The van der Waals surface area contributed by atoms with Gasteiger partial charge in [0.25, 0.3) is 0 Å². The lowest BCUT2D eigenvalue weighted by molar-refractivity contribution is 0.216. The van der Waals surface area contributed by atoms with Gasteiger partial charge in [-0.15, -0.1) is 0 Å². The van der Waals surface area contributed by atoms with E-state index in [0.29, 0.717) is 30.0 Å². The van der Waals surface area contributed by atoms with Gasteiger partial charge in [-0.3, -0.25) is 0 Å². The Hall–Kier alpha value is -1.52. The Morgan fingerprint density at radius 1 is 1.42 bits per heavy atom. The molecule has 1 aliphatic carbocycles. The number of hydrogen-bond donors (Lipinski definition) is 2. The van der Waals surface area contributed by atoms with E-state index >= 15 is 0 Å². The van der Waals surface area contributed by atoms with Crippen molar-refractivity contribution in [3.05, 3.63) is 6.33 Å². The molecule has 0 saturated heterocycles. The first kappa shape index (κ1) is 13.9. The van der Waals surface area contributed by atoms with Crippen LogP contribution in [-0.4, -0.2) is 22.6 Å². The highest BCUT2D eigenvalue weighted by Gasteiger charge is 2.32. The van der Waals surface area contributed by atoms with Crippen molar-refractivity contribution in [2.24, 2.45) is 5.41 Å². The highest BCUT2D eigenvalue weighted by atomic mass is 16.5. The third-order valence-corrected chi connectivity index (χ3v) is 3.95. The lowest BCUT2D eigenvalue weighted by atomic mass is 9.73. The zero-order valence-corrected chi connectivity index (χ0v) is 12.1. The fraction of sp³-hybridized carbons (Fsp3) is 0.714. The Bertz CT molecular complexity index is 433. The number of nitrogens with zero attached hydrogens (tertiary/aromatic N) is 2. The summed E-state index contributed by atoms with van der Waals surface area (Å²) in [6, 6.07) is 0.396. The Balaban J connectivity index is 2.16. The summed E-state index contributed by atoms with van der Waals surface area (Å²) in [7, 11) is 0. The highest BCUT2D eigenvalue weighted by Crippen LogP contribution is 2.38. The summed E-state index contributed by atoms with van der Waals surface area (Å²) in [4.78, 5) is 8.31. The van der Waals surface area contributed by atoms with Gasteiger partial charge in [-0.25, -0.2) is 4.98 Å². The lowest BCUT2D eigenvalue weighted by Gasteiger charge is -2.39. The van der Waals surface area contributed by atoms with E-state index in [2.05, 4.69) is 29.1 Å². The van der Waals surface area contributed by atoms with Crippen LogP contribution in [0.15, 0.2) is 6.33 Å². The van der Waals surface area contributed by atoms with E-state index in [1.54, 1.807) is 0 Å². The molecule has 0 amide bonds. The van der Waals surface area contributed by atoms with Crippen molar-refractivity contribution in [2.45, 2.75) is 52.5 Å². The van der Waals surface area contributed by atoms with Crippen LogP contribution in [0.2, 0.25) is 0 Å². The molecule has 1 unspecified atom stereocenters. The molecule has 5 nitrogen and oxygen atoms in total. The predicted octanol–water partition coefficient (Wildman–Crippen LogP) is 2.84. The molecular weight excluding hydrogens is 240 g/mol. The molecule has 1 aromatic rings. The van der Waals surface area contributed by atoms with Crippen molar-refractivity contribution in [3.8, 4) is 5.88 Å². The summed E-state index contributed by atoms with van der Waals surface area (Å²) in [6.45, 7) is 7.06. The molecule has 1 saturated carbocycles. The zero-order chi connectivity index (χ0) is 13.9. The first-order chi connectivity index (χ1) is 9.04. The number of anilines is 2. The Morgan fingerprint density at radius 3 is 2.89 bits per heavy atom. The zero-order valence-electron chi connectivity index (χ0n) is 12.1. The van der Waals surface area contributed by atoms with Crippen LogP contribution >= 0.6 is 0 Å². The maximum atomic E-state index is 6.06. The second kappa shape index (κ2) is 5.63. The molecule has 19 heavy (non-hydrogen) atoms. The van der Waals surface area contributed by atoms with Gasteiger partial charge in [-0.1, -0.05) is 26.7 Å². The van der Waals surface area contributed by atoms with E-state index in [1.165, 1.54) is 25.6 Å². The third-order valence-electron chi connectivity index (χ3n) is 3.95. The minimum Gasteiger partial charge on any atom is -0.476 e. The molecule has 1 heterocycles. The van der Waals surface area contributed by atoms with Gasteiger partial charge in [0.1, 0.15) is 12.0 Å². The molecule has 1 atom stereocenters. The van der Waals surface area contributed by atoms with Gasteiger partial charge in [0.2, 0.25) is 5.88 Å². The predicted molar refractivity (Wildman–Crippen MR) is 77.3 cm³/mol. The normalized spacial score (nSPS) is 21.9. The Morgan fingerprint density at radius 2 is 2.21 bits per heavy atom. The van der Waals surface area contributed by atoms with Gasteiger partial charge in [0.15, 0.2) is 5.82 Å². The van der Waals surface area contributed by atoms with E-state index in [9.17, 15) is 0 Å². The standard InChI is InChI=1S/C14H24N4O/c1-4-19-13-11(15)12(16-9-17-13)18-10-7-5-6-8-14(10,2)3/h9-10H,4-8,15H2,1-3H3,(H,16,17,18). The van der Waals surface area contributed by atoms with Crippen LogP contribution < -0.4 is 15.8 Å². The topological polar surface area (TPSA) is 73.1 Å². The first-order valence-corrected chi connectivity index (χ1v) is 7.04. The quantitative estimate of drug-likeness (QED) is 0.874. The van der Waals surface area contributed by atoms with Crippen LogP contribution in [-0.2, 0) is 0 Å². The second-order valence-corrected chi connectivity index (χ2v) is 5.81. The number of nitrogens with two attached hydrogens (primary N) is 1. The van der Waals surface area contributed by atoms with Crippen LogP contribution in [0.1, 0.15) is 46.5 Å². The van der Waals surface area contributed by atoms with Crippen molar-refractivity contribution in [3.63, 3.8) is 0 Å². The lowest BCUT2D eigenvalue weighted by Crippen LogP contribution is -2.39. The molecule has 1 aliphatic rings. The number of rotatable bonds is 4. The maximum Gasteiger partial charge on any atom is 0.242 e. The molecule has 0 bridgehead atoms. The summed E-state index contributed by atoms with van der Waals surface area (Å²) in [6.07, 6.45) is 6.44. The molecule has 2 rings (SSSR count). The van der Waals surface area contributed by atoms with E-state index in [-0.39, 0.29) is 5.41 Å². The second-order valence-electron chi connectivity index (χ2n) is 5.81. The third kappa shape index (κ3) is 3.08. The molecule has 0 spiro atoms. The van der Waals surface area contributed by atoms with Gasteiger partial charge in [-0.05, 0) is 25.2 Å². The van der Waals surface area contributed by atoms with Crippen molar-refractivity contribution < 1.29 is 4.74 Å². The van der Waals surface area contributed by atoms with Crippen molar-refractivity contribution in [2.75, 3.05) is 17.7 Å². The van der Waals surface area contributed by atoms with E-state index in [0.717, 1.165) is 6.42 Å². The van der Waals surface area contributed by atoms with Crippen molar-refractivity contribution in [1.29, 1.82) is 0 Å². The molecule has 106 valence electrons. The summed E-state index contributed by atoms with van der Waals surface area (Å²) in [5.41, 5.74) is 6.83. The van der Waals surface area contributed by atoms with Gasteiger partial charge >= 0.3 is 0 Å². The summed E-state index contributed by atoms with van der Waals surface area (Å²) < 4.78 is 5.40. The first-order valence-electron chi connectivity index (χ1n) is 7.04. The Labute approximate surface area is 115 Å². The number of ether oxygens (including phenoxy) is 1. The van der Waals surface area contributed by atoms with Crippen LogP contribution in [0.3, 0.4) is 0 Å². The fourth-order valence-electron chi connectivity index (χ4n) is 2.67. The fourth-order valence-corrected chi connectivity index (χ4v) is 2.67. The molecule has 0 aromatic carbocycles. The average molecular weight is 264 g/mol. The average Bonchev–Trinajstić information content (AvgIpc) is 2.36. The summed E-state index contributed by atoms with van der Waals surface area (Å²) in [5, 5.41) is 3.48. The largest absolute Gasteiger partial charge is 0.476 e. The minimum atomic E-state index is 0.265. The molecule has 3 N–H and O–H groups in total. The van der Waals surface area contributed by atoms with Gasteiger partial charge in [0, 0.05) is 6.04 Å². The van der Waals surface area contributed by atoms with E-state index < -0.39 is 0 Å². The SMILES string of the molecule is CCOc1ncnc(NC2CCCCC2(C)C)c1N. The van der Waals surface area contributed by atoms with Crippen LogP contribution in [0.25, 0.3) is 0 Å². The summed E-state index contributed by atoms with van der Waals surface area (Å²) in [5.74, 6) is 1.16. The van der Waals surface area contributed by atoms with Crippen molar-refractivity contribution >= 4 is 11.5 Å². The van der Waals surface area contributed by atoms with Crippen LogP contribution in [0, 0.1) is 5.41 Å².